The molecule has 1 amide bonds. The summed E-state index contributed by atoms with van der Waals surface area (Å²) in [6.45, 7) is 2.10. The zero-order chi connectivity index (χ0) is 20.9. The lowest BCUT2D eigenvalue weighted by molar-refractivity contribution is 0.102. The summed E-state index contributed by atoms with van der Waals surface area (Å²) in [5.74, 6) is 1.58. The molecule has 1 aromatic heterocycles. The summed E-state index contributed by atoms with van der Waals surface area (Å²) in [6, 6.07) is 22.7. The predicted octanol–water partition coefficient (Wildman–Crippen LogP) is 5.83. The molecule has 0 aliphatic carbocycles. The third-order valence-electron chi connectivity index (χ3n) is 4.90. The Hall–Kier alpha value is -3.86. The van der Waals surface area contributed by atoms with Gasteiger partial charge in [-0.1, -0.05) is 31.2 Å². The third kappa shape index (κ3) is 4.10. The van der Waals surface area contributed by atoms with Crippen LogP contribution in [0.5, 0.6) is 5.75 Å². The molecule has 1 heterocycles. The number of oxazole rings is 1. The van der Waals surface area contributed by atoms with E-state index in [2.05, 4.69) is 17.2 Å². The number of hydrogen-bond acceptors (Lipinski definition) is 4. The van der Waals surface area contributed by atoms with Crippen LogP contribution in [0.4, 0.5) is 5.69 Å². The van der Waals surface area contributed by atoms with E-state index in [1.165, 1.54) is 5.56 Å². The molecule has 0 fully saturated rings. The molecule has 0 unspecified atom stereocenters. The van der Waals surface area contributed by atoms with Crippen molar-refractivity contribution in [3.8, 4) is 28.5 Å². The van der Waals surface area contributed by atoms with Gasteiger partial charge in [0.15, 0.2) is 5.76 Å². The number of amides is 1. The fraction of sp³-hybridized carbons (Fsp3) is 0.120. The number of carbonyl (C=O) groups is 1. The predicted molar refractivity (Wildman–Crippen MR) is 118 cm³/mol. The Morgan fingerprint density at radius 1 is 1.00 bits per heavy atom. The summed E-state index contributed by atoms with van der Waals surface area (Å²) in [4.78, 5) is 17.3. The molecule has 4 rings (SSSR count). The Bertz CT molecular complexity index is 1150. The molecule has 0 spiro atoms. The number of aryl methyl sites for hydroxylation is 1. The minimum Gasteiger partial charge on any atom is -0.497 e. The number of carbonyl (C=O) groups excluding carboxylic acids is 1. The van der Waals surface area contributed by atoms with Gasteiger partial charge in [-0.15, -0.1) is 0 Å². The number of methoxy groups -OCH3 is 1. The molecule has 30 heavy (non-hydrogen) atoms. The van der Waals surface area contributed by atoms with Gasteiger partial charge in [0.25, 0.3) is 5.91 Å². The van der Waals surface area contributed by atoms with Crippen LogP contribution in [0.3, 0.4) is 0 Å². The van der Waals surface area contributed by atoms with E-state index in [0.717, 1.165) is 23.4 Å². The van der Waals surface area contributed by atoms with Crippen molar-refractivity contribution in [1.29, 1.82) is 0 Å². The first kappa shape index (κ1) is 19.5. The van der Waals surface area contributed by atoms with E-state index in [1.807, 2.05) is 66.7 Å². The van der Waals surface area contributed by atoms with Crippen molar-refractivity contribution in [3.63, 3.8) is 0 Å². The van der Waals surface area contributed by atoms with Gasteiger partial charge < -0.3 is 14.5 Å². The van der Waals surface area contributed by atoms with Crippen molar-refractivity contribution in [1.82, 2.24) is 4.98 Å². The number of nitrogens with zero attached hydrogens (tertiary/aromatic N) is 1. The maximum atomic E-state index is 12.9. The monoisotopic (exact) mass is 398 g/mol. The van der Waals surface area contributed by atoms with Gasteiger partial charge in [-0.25, -0.2) is 4.98 Å². The standard InChI is InChI=1S/C25H22N2O3/c1-3-17-8-12-19(13-9-17)27-24(28)21-6-4-5-7-22(21)25-26-16-23(30-25)18-10-14-20(29-2)15-11-18/h4-16H,3H2,1-2H3,(H,27,28). The van der Waals surface area contributed by atoms with Gasteiger partial charge >= 0.3 is 0 Å². The number of aromatic nitrogens is 1. The summed E-state index contributed by atoms with van der Waals surface area (Å²) in [7, 11) is 1.63. The second-order valence-corrected chi connectivity index (χ2v) is 6.81. The van der Waals surface area contributed by atoms with Crippen LogP contribution in [0.2, 0.25) is 0 Å². The molecular formula is C25H22N2O3. The van der Waals surface area contributed by atoms with Crippen molar-refractivity contribution in [2.24, 2.45) is 0 Å². The third-order valence-corrected chi connectivity index (χ3v) is 4.90. The molecular weight excluding hydrogens is 376 g/mol. The van der Waals surface area contributed by atoms with Crippen molar-refractivity contribution in [2.45, 2.75) is 13.3 Å². The van der Waals surface area contributed by atoms with Crippen LogP contribution in [0.25, 0.3) is 22.8 Å². The average molecular weight is 398 g/mol. The second kappa shape index (κ2) is 8.66. The number of hydrogen-bond donors (Lipinski definition) is 1. The van der Waals surface area contributed by atoms with Gasteiger partial charge in [0.2, 0.25) is 5.89 Å². The number of nitrogens with one attached hydrogen (secondary N) is 1. The summed E-state index contributed by atoms with van der Waals surface area (Å²) >= 11 is 0. The van der Waals surface area contributed by atoms with Gasteiger partial charge in [0, 0.05) is 16.8 Å². The summed E-state index contributed by atoms with van der Waals surface area (Å²) < 4.78 is 11.2. The molecule has 0 saturated heterocycles. The Morgan fingerprint density at radius 2 is 1.73 bits per heavy atom. The normalized spacial score (nSPS) is 10.6. The zero-order valence-electron chi connectivity index (χ0n) is 16.9. The van der Waals surface area contributed by atoms with Crippen LogP contribution in [0.15, 0.2) is 83.4 Å². The first-order valence-electron chi connectivity index (χ1n) is 9.78. The zero-order valence-corrected chi connectivity index (χ0v) is 16.9. The quantitative estimate of drug-likeness (QED) is 0.444. The van der Waals surface area contributed by atoms with E-state index in [0.29, 0.717) is 22.8 Å². The van der Waals surface area contributed by atoms with Crippen molar-refractivity contribution < 1.29 is 13.9 Å². The average Bonchev–Trinajstić information content (AvgIpc) is 3.30. The van der Waals surface area contributed by atoms with Gasteiger partial charge in [0.1, 0.15) is 5.75 Å². The molecule has 0 atom stereocenters. The van der Waals surface area contributed by atoms with E-state index >= 15 is 0 Å². The SMILES string of the molecule is CCc1ccc(NC(=O)c2ccccc2-c2ncc(-c3ccc(OC)cc3)o2)cc1. The van der Waals surface area contributed by atoms with Gasteiger partial charge in [0.05, 0.1) is 18.9 Å². The maximum absolute atomic E-state index is 12.9. The molecule has 0 radical (unpaired) electrons. The van der Waals surface area contributed by atoms with Crippen molar-refractivity contribution in [3.05, 3.63) is 90.1 Å². The molecule has 1 N–H and O–H groups in total. The van der Waals surface area contributed by atoms with Gasteiger partial charge in [-0.05, 0) is 60.5 Å². The summed E-state index contributed by atoms with van der Waals surface area (Å²) in [5, 5.41) is 2.95. The van der Waals surface area contributed by atoms with E-state index in [4.69, 9.17) is 9.15 Å². The Balaban J connectivity index is 1.59. The molecule has 0 saturated carbocycles. The molecule has 0 bridgehead atoms. The maximum Gasteiger partial charge on any atom is 0.256 e. The molecule has 3 aromatic carbocycles. The molecule has 150 valence electrons. The fourth-order valence-electron chi connectivity index (χ4n) is 3.18. The van der Waals surface area contributed by atoms with Crippen LogP contribution in [-0.4, -0.2) is 18.0 Å². The van der Waals surface area contributed by atoms with E-state index in [9.17, 15) is 4.79 Å². The van der Waals surface area contributed by atoms with Crippen LogP contribution < -0.4 is 10.1 Å². The largest absolute Gasteiger partial charge is 0.497 e. The number of ether oxygens (including phenoxy) is 1. The number of benzene rings is 3. The Labute approximate surface area is 175 Å². The minimum atomic E-state index is -0.209. The van der Waals surface area contributed by atoms with E-state index in [-0.39, 0.29) is 5.91 Å². The van der Waals surface area contributed by atoms with Crippen LogP contribution in [0.1, 0.15) is 22.8 Å². The highest BCUT2D eigenvalue weighted by molar-refractivity contribution is 6.08. The molecule has 0 aliphatic rings. The van der Waals surface area contributed by atoms with Crippen LogP contribution in [0, 0.1) is 0 Å². The second-order valence-electron chi connectivity index (χ2n) is 6.81. The van der Waals surface area contributed by atoms with Crippen LogP contribution in [-0.2, 0) is 6.42 Å². The molecule has 0 aliphatic heterocycles. The van der Waals surface area contributed by atoms with E-state index < -0.39 is 0 Å². The smallest absolute Gasteiger partial charge is 0.256 e. The minimum absolute atomic E-state index is 0.209. The highest BCUT2D eigenvalue weighted by Crippen LogP contribution is 2.29. The first-order valence-corrected chi connectivity index (χ1v) is 9.78. The number of rotatable bonds is 6. The van der Waals surface area contributed by atoms with Gasteiger partial charge in [-0.3, -0.25) is 4.79 Å². The molecule has 5 heteroatoms. The summed E-state index contributed by atoms with van der Waals surface area (Å²) in [6.07, 6.45) is 2.62. The molecule has 4 aromatic rings. The summed E-state index contributed by atoms with van der Waals surface area (Å²) in [5.41, 5.74) is 3.99. The topological polar surface area (TPSA) is 64.4 Å². The van der Waals surface area contributed by atoms with Crippen molar-refractivity contribution >= 4 is 11.6 Å². The van der Waals surface area contributed by atoms with Crippen LogP contribution >= 0.6 is 0 Å². The van der Waals surface area contributed by atoms with Gasteiger partial charge in [-0.2, -0.15) is 0 Å². The Kier molecular flexibility index (Phi) is 5.61. The highest BCUT2D eigenvalue weighted by atomic mass is 16.5. The lowest BCUT2D eigenvalue weighted by atomic mass is 10.1. The fourth-order valence-corrected chi connectivity index (χ4v) is 3.18. The first-order chi connectivity index (χ1) is 14.7. The lowest BCUT2D eigenvalue weighted by Crippen LogP contribution is -2.13. The Morgan fingerprint density at radius 3 is 2.43 bits per heavy atom. The molecule has 5 nitrogen and oxygen atoms in total. The lowest BCUT2D eigenvalue weighted by Gasteiger charge is -2.09. The number of anilines is 1. The highest BCUT2D eigenvalue weighted by Gasteiger charge is 2.17. The van der Waals surface area contributed by atoms with Crippen molar-refractivity contribution in [2.75, 3.05) is 12.4 Å². The van der Waals surface area contributed by atoms with E-state index in [1.54, 1.807) is 19.4 Å².